The van der Waals surface area contributed by atoms with Gasteiger partial charge in [-0.25, -0.2) is 9.35 Å². The van der Waals surface area contributed by atoms with Crippen molar-refractivity contribution in [3.63, 3.8) is 0 Å². The van der Waals surface area contributed by atoms with Gasteiger partial charge < -0.3 is 20.9 Å². The molecule has 4 saturated carbocycles. The third-order valence-electron chi connectivity index (χ3n) is 14.8. The van der Waals surface area contributed by atoms with Crippen molar-refractivity contribution < 1.29 is 37.0 Å². The summed E-state index contributed by atoms with van der Waals surface area (Å²) in [5.74, 6) is -3.59. The number of carbonyl (C=O) groups is 5. The molecule has 2 saturated heterocycles. The smallest absolute Gasteiger partial charge is 0.303 e. The minimum absolute atomic E-state index is 0.0392. The van der Waals surface area contributed by atoms with Crippen LogP contribution in [0.25, 0.3) is 0 Å². The average Bonchev–Trinajstić information content (AvgIpc) is 3.58. The summed E-state index contributed by atoms with van der Waals surface area (Å²) in [7, 11) is -4.12. The number of aromatic nitrogens is 2. The number of nitrogens with zero attached hydrogens (tertiary/aromatic N) is 4. The second-order valence-electron chi connectivity index (χ2n) is 18.8. The normalized spacial score (nSPS) is 30.6. The Labute approximate surface area is 329 Å². The Morgan fingerprint density at radius 3 is 2.18 bits per heavy atom. The van der Waals surface area contributed by atoms with Gasteiger partial charge in [-0.05, 0) is 78.7 Å². The van der Waals surface area contributed by atoms with Crippen LogP contribution < -0.4 is 20.7 Å². The van der Waals surface area contributed by atoms with E-state index >= 15 is 4.79 Å². The summed E-state index contributed by atoms with van der Waals surface area (Å²) in [6, 6.07) is -3.02. The first kappa shape index (κ1) is 40.3. The molecular formula is C39H58N8O8S. The highest BCUT2D eigenvalue weighted by Crippen LogP contribution is 2.88. The third-order valence-corrected chi connectivity index (χ3v) is 16.2. The molecule has 56 heavy (non-hydrogen) atoms. The van der Waals surface area contributed by atoms with Crippen molar-refractivity contribution in [2.75, 3.05) is 19.6 Å². The maximum atomic E-state index is 15.1. The molecule has 2 spiro atoms. The van der Waals surface area contributed by atoms with Gasteiger partial charge in [0.25, 0.3) is 11.8 Å². The first-order valence-corrected chi connectivity index (χ1v) is 21.7. The molecule has 0 aromatic carbocycles. The number of carbonyl (C=O) groups excluding carboxylic acids is 5. The molecule has 7 rings (SSSR count). The van der Waals surface area contributed by atoms with Crippen LogP contribution >= 0.6 is 0 Å². The van der Waals surface area contributed by atoms with Crippen LogP contribution in [0, 0.1) is 33.5 Å². The zero-order valence-corrected chi connectivity index (χ0v) is 34.1. The van der Waals surface area contributed by atoms with Crippen molar-refractivity contribution in [1.82, 2.24) is 40.2 Å². The molecule has 17 heteroatoms. The Bertz CT molecular complexity index is 1860. The van der Waals surface area contributed by atoms with Crippen molar-refractivity contribution in [1.29, 1.82) is 0 Å². The van der Waals surface area contributed by atoms with Crippen molar-refractivity contribution in [2.45, 2.75) is 135 Å². The molecule has 6 atom stereocenters. The predicted octanol–water partition coefficient (Wildman–Crippen LogP) is 2.59. The van der Waals surface area contributed by atoms with Gasteiger partial charge in [0.2, 0.25) is 17.7 Å². The molecule has 0 bridgehead atoms. The number of rotatable bonds is 12. The zero-order valence-electron chi connectivity index (χ0n) is 33.3. The average molecular weight is 799 g/mol. The Balaban J connectivity index is 1.16. The zero-order chi connectivity index (χ0) is 40.5. The minimum Gasteiger partial charge on any atom is -0.342 e. The SMILES string of the molecule is C=C[C@@H]1C[C@]1(NC(=O)[C@@H]1C[C@@]2(CN1C(=O)[C@@H](NC(=O)[C@@H](NC(=O)c1cnon1)C1CCCCC1)C(C)(C)C)C(C)(C)C21CCC1)C(=O)NS(=O)(=O)N1CCCC1. The lowest BCUT2D eigenvalue weighted by Crippen LogP contribution is -2.62. The van der Waals surface area contributed by atoms with Gasteiger partial charge in [0.05, 0.1) is 0 Å². The standard InChI is InChI=1S/C39H58N8O8S/c1-7-25-20-39(25,34(52)45-56(53,54)46-18-11-12-19-46)43-31(49)27-21-38(36(5,6)37(38)16-13-17-37)23-47(27)33(51)29(35(2,3)4)42-32(50)28(24-14-9-8-10-15-24)41-30(48)26-22-40-55-44-26/h7,22,24-25,27-29H,1,8-21,23H2,2-6H3,(H,41,48)(H,42,50)(H,43,49)(H,45,52)/t25-,27+,28+,29-,38-,39-/m1/s1. The molecule has 3 heterocycles. The minimum atomic E-state index is -4.12. The van der Waals surface area contributed by atoms with Crippen LogP contribution in [0.4, 0.5) is 0 Å². The first-order valence-electron chi connectivity index (χ1n) is 20.3. The summed E-state index contributed by atoms with van der Waals surface area (Å²) < 4.78 is 34.3. The van der Waals surface area contributed by atoms with Crippen LogP contribution in [0.3, 0.4) is 0 Å². The molecule has 1 aromatic rings. The van der Waals surface area contributed by atoms with E-state index in [9.17, 15) is 27.6 Å². The summed E-state index contributed by atoms with van der Waals surface area (Å²) in [5.41, 5.74) is -2.98. The number of hydrogen-bond acceptors (Lipinski definition) is 10. The van der Waals surface area contributed by atoms with Crippen LogP contribution in [0.15, 0.2) is 23.5 Å². The summed E-state index contributed by atoms with van der Waals surface area (Å²) in [6.07, 6.45) is 12.0. The van der Waals surface area contributed by atoms with E-state index in [0.717, 1.165) is 51.4 Å². The van der Waals surface area contributed by atoms with Crippen molar-refractivity contribution in [3.05, 3.63) is 24.5 Å². The Kier molecular flexibility index (Phi) is 10.2. The fourth-order valence-corrected chi connectivity index (χ4v) is 12.3. The Morgan fingerprint density at radius 2 is 1.64 bits per heavy atom. The summed E-state index contributed by atoms with van der Waals surface area (Å²) in [5, 5.41) is 15.9. The molecule has 6 aliphatic rings. The van der Waals surface area contributed by atoms with Crippen molar-refractivity contribution in [3.8, 4) is 0 Å². The van der Waals surface area contributed by atoms with E-state index in [1.807, 2.05) is 20.8 Å². The molecular weight excluding hydrogens is 741 g/mol. The van der Waals surface area contributed by atoms with E-state index in [1.54, 1.807) is 11.0 Å². The van der Waals surface area contributed by atoms with E-state index in [-0.39, 0.29) is 34.3 Å². The lowest BCUT2D eigenvalue weighted by atomic mass is 9.73. The van der Waals surface area contributed by atoms with Gasteiger partial charge in [0, 0.05) is 31.0 Å². The first-order chi connectivity index (χ1) is 26.3. The molecule has 308 valence electrons. The maximum Gasteiger partial charge on any atom is 0.303 e. The van der Waals surface area contributed by atoms with Crippen LogP contribution in [0.5, 0.6) is 0 Å². The largest absolute Gasteiger partial charge is 0.342 e. The summed E-state index contributed by atoms with van der Waals surface area (Å²) >= 11 is 0. The molecule has 1 aromatic heterocycles. The van der Waals surface area contributed by atoms with Gasteiger partial charge in [-0.2, -0.15) is 12.7 Å². The van der Waals surface area contributed by atoms with Crippen LogP contribution in [0.1, 0.15) is 122 Å². The quantitative estimate of drug-likeness (QED) is 0.227. The van der Waals surface area contributed by atoms with E-state index in [4.69, 9.17) is 0 Å². The van der Waals surface area contributed by atoms with E-state index in [1.165, 1.54) is 10.5 Å². The molecule has 4 N–H and O–H groups in total. The fourth-order valence-electron chi connectivity index (χ4n) is 11.0. The predicted molar refractivity (Wildman–Crippen MR) is 203 cm³/mol. The van der Waals surface area contributed by atoms with E-state index in [2.05, 4.69) is 56.0 Å². The van der Waals surface area contributed by atoms with E-state index in [0.29, 0.717) is 38.9 Å². The van der Waals surface area contributed by atoms with Crippen LogP contribution in [-0.4, -0.2) is 101 Å². The number of amides is 5. The third kappa shape index (κ3) is 6.53. The van der Waals surface area contributed by atoms with E-state index < -0.39 is 74.7 Å². The highest BCUT2D eigenvalue weighted by Gasteiger charge is 2.85. The van der Waals surface area contributed by atoms with Gasteiger partial charge in [-0.3, -0.25) is 24.0 Å². The maximum absolute atomic E-state index is 15.1. The van der Waals surface area contributed by atoms with Gasteiger partial charge in [0.1, 0.15) is 29.9 Å². The molecule has 4 aliphatic carbocycles. The number of hydrogen-bond donors (Lipinski definition) is 4. The second kappa shape index (κ2) is 14.2. The van der Waals surface area contributed by atoms with Crippen molar-refractivity contribution >= 4 is 39.7 Å². The van der Waals surface area contributed by atoms with Crippen LogP contribution in [-0.2, 0) is 29.4 Å². The lowest BCUT2D eigenvalue weighted by Gasteiger charge is -2.38. The van der Waals surface area contributed by atoms with Gasteiger partial charge in [-0.15, -0.1) is 6.58 Å². The van der Waals surface area contributed by atoms with Crippen LogP contribution in [0.2, 0.25) is 0 Å². The lowest BCUT2D eigenvalue weighted by molar-refractivity contribution is -0.145. The number of nitrogens with one attached hydrogen (secondary N) is 4. The highest BCUT2D eigenvalue weighted by atomic mass is 32.2. The second-order valence-corrected chi connectivity index (χ2v) is 20.5. The highest BCUT2D eigenvalue weighted by molar-refractivity contribution is 7.87. The molecule has 5 amide bonds. The van der Waals surface area contributed by atoms with Crippen molar-refractivity contribution in [2.24, 2.45) is 33.5 Å². The molecule has 0 radical (unpaired) electrons. The Hall–Kier alpha value is -3.86. The Morgan fingerprint density at radius 1 is 0.964 bits per heavy atom. The fraction of sp³-hybridized carbons (Fsp3) is 0.769. The monoisotopic (exact) mass is 798 g/mol. The topological polar surface area (TPSA) is 213 Å². The molecule has 0 unspecified atom stereocenters. The van der Waals surface area contributed by atoms with Gasteiger partial charge >= 0.3 is 10.2 Å². The van der Waals surface area contributed by atoms with Gasteiger partial charge in [-0.1, -0.05) is 71.5 Å². The summed E-state index contributed by atoms with van der Waals surface area (Å²) in [6.45, 7) is 14.7. The molecule has 16 nitrogen and oxygen atoms in total. The number of likely N-dealkylation sites (tertiary alicyclic amines) is 1. The number of fused-ring (bicyclic) bond motifs is 1. The molecule has 2 aliphatic heterocycles. The molecule has 6 fully saturated rings. The summed E-state index contributed by atoms with van der Waals surface area (Å²) in [4.78, 5) is 72.6. The van der Waals surface area contributed by atoms with Gasteiger partial charge in [0.15, 0.2) is 5.69 Å².